The molecule has 0 aliphatic carbocycles. The molecule has 0 saturated heterocycles. The minimum absolute atomic E-state index is 0.618. The number of rotatable bonds is 6. The van der Waals surface area contributed by atoms with Gasteiger partial charge >= 0.3 is 0 Å². The van der Waals surface area contributed by atoms with E-state index in [1.807, 2.05) is 24.3 Å². The van der Waals surface area contributed by atoms with Gasteiger partial charge in [-0.1, -0.05) is 32.0 Å². The van der Waals surface area contributed by atoms with Gasteiger partial charge < -0.3 is 10.2 Å². The quantitative estimate of drug-likeness (QED) is 0.429. The largest absolute Gasteiger partial charge is 0.377 e. The fraction of sp³-hybridized carbons (Fsp3) is 0.500. The van der Waals surface area contributed by atoms with Gasteiger partial charge in [0.2, 0.25) is 0 Å². The van der Waals surface area contributed by atoms with E-state index < -0.39 is 0 Å². The Hall–Kier alpha value is -1.06. The summed E-state index contributed by atoms with van der Waals surface area (Å²) < 4.78 is 5.58. The Morgan fingerprint density at radius 2 is 2.07 bits per heavy atom. The highest BCUT2D eigenvalue weighted by molar-refractivity contribution is 5.49. The van der Waals surface area contributed by atoms with Crippen molar-refractivity contribution in [1.82, 2.24) is 0 Å². The van der Waals surface area contributed by atoms with Gasteiger partial charge in [-0.25, -0.2) is 0 Å². The predicted molar refractivity (Wildman–Crippen MR) is 63.4 cm³/mol. The average Bonchev–Trinajstić information content (AvgIpc) is 2.24. The van der Waals surface area contributed by atoms with E-state index in [9.17, 15) is 0 Å². The molecule has 0 aliphatic heterocycles. The maximum Gasteiger partial charge on any atom is 0.0737 e. The predicted octanol–water partition coefficient (Wildman–Crippen LogP) is 2.53. The van der Waals surface area contributed by atoms with Gasteiger partial charge in [-0.05, 0) is 18.4 Å². The summed E-state index contributed by atoms with van der Waals surface area (Å²) in [5.74, 6) is 6.09. The standard InChI is InChI=1S/C12H20N2O/c1-10(2)7-8-15-9-11-5-3-4-6-12(11)14-13/h3-6,10,14H,7-9,13H2,1-2H3. The van der Waals surface area contributed by atoms with Crippen molar-refractivity contribution in [3.05, 3.63) is 29.8 Å². The second-order valence-electron chi connectivity index (χ2n) is 4.04. The third kappa shape index (κ3) is 4.32. The molecule has 0 amide bonds. The fourth-order valence-electron chi connectivity index (χ4n) is 1.29. The van der Waals surface area contributed by atoms with Crippen molar-refractivity contribution in [3.8, 4) is 0 Å². The second-order valence-corrected chi connectivity index (χ2v) is 4.04. The van der Waals surface area contributed by atoms with Crippen molar-refractivity contribution in [2.24, 2.45) is 11.8 Å². The van der Waals surface area contributed by atoms with Gasteiger partial charge in [0.1, 0.15) is 0 Å². The highest BCUT2D eigenvalue weighted by atomic mass is 16.5. The van der Waals surface area contributed by atoms with Crippen LogP contribution in [-0.2, 0) is 11.3 Å². The van der Waals surface area contributed by atoms with E-state index >= 15 is 0 Å². The molecule has 0 aromatic heterocycles. The summed E-state index contributed by atoms with van der Waals surface area (Å²) in [5, 5.41) is 0. The number of benzene rings is 1. The molecule has 0 unspecified atom stereocenters. The van der Waals surface area contributed by atoms with Crippen LogP contribution in [0, 0.1) is 5.92 Å². The van der Waals surface area contributed by atoms with E-state index in [4.69, 9.17) is 10.6 Å². The number of nitrogens with two attached hydrogens (primary N) is 1. The first-order chi connectivity index (χ1) is 7.24. The van der Waals surface area contributed by atoms with E-state index in [1.165, 1.54) is 0 Å². The molecule has 0 heterocycles. The van der Waals surface area contributed by atoms with Gasteiger partial charge in [0.15, 0.2) is 0 Å². The normalized spacial score (nSPS) is 10.7. The molecular weight excluding hydrogens is 188 g/mol. The van der Waals surface area contributed by atoms with E-state index in [0.717, 1.165) is 24.3 Å². The van der Waals surface area contributed by atoms with Crippen LogP contribution >= 0.6 is 0 Å². The molecule has 0 radical (unpaired) electrons. The van der Waals surface area contributed by atoms with Crippen molar-refractivity contribution in [2.75, 3.05) is 12.0 Å². The van der Waals surface area contributed by atoms with E-state index in [0.29, 0.717) is 12.5 Å². The number of para-hydroxylation sites is 1. The molecule has 1 aromatic rings. The second kappa shape index (κ2) is 6.43. The maximum atomic E-state index is 5.58. The molecule has 3 heteroatoms. The molecule has 1 rings (SSSR count). The van der Waals surface area contributed by atoms with Crippen molar-refractivity contribution < 1.29 is 4.74 Å². The van der Waals surface area contributed by atoms with Gasteiger partial charge in [-0.15, -0.1) is 0 Å². The molecule has 0 saturated carbocycles. The first-order valence-electron chi connectivity index (χ1n) is 5.36. The maximum absolute atomic E-state index is 5.58. The lowest BCUT2D eigenvalue weighted by molar-refractivity contribution is 0.111. The summed E-state index contributed by atoms with van der Waals surface area (Å²) in [6, 6.07) is 7.90. The van der Waals surface area contributed by atoms with Crippen molar-refractivity contribution in [2.45, 2.75) is 26.9 Å². The van der Waals surface area contributed by atoms with Crippen LogP contribution in [-0.4, -0.2) is 6.61 Å². The SMILES string of the molecule is CC(C)CCOCc1ccccc1NN. The van der Waals surface area contributed by atoms with Crippen LogP contribution in [0.5, 0.6) is 0 Å². The molecule has 84 valence electrons. The number of hydrogen-bond donors (Lipinski definition) is 2. The van der Waals surface area contributed by atoms with Crippen LogP contribution in [0.3, 0.4) is 0 Å². The molecule has 0 fully saturated rings. The zero-order valence-corrected chi connectivity index (χ0v) is 9.49. The average molecular weight is 208 g/mol. The molecule has 0 bridgehead atoms. The van der Waals surface area contributed by atoms with Crippen molar-refractivity contribution in [3.63, 3.8) is 0 Å². The van der Waals surface area contributed by atoms with E-state index in [-0.39, 0.29) is 0 Å². The van der Waals surface area contributed by atoms with Crippen molar-refractivity contribution >= 4 is 5.69 Å². The highest BCUT2D eigenvalue weighted by Gasteiger charge is 2.00. The Morgan fingerprint density at radius 1 is 1.33 bits per heavy atom. The van der Waals surface area contributed by atoms with Gasteiger partial charge in [0, 0.05) is 12.2 Å². The molecule has 0 spiro atoms. The number of ether oxygens (including phenoxy) is 1. The number of hydrogen-bond acceptors (Lipinski definition) is 3. The molecule has 0 atom stereocenters. The summed E-state index contributed by atoms with van der Waals surface area (Å²) >= 11 is 0. The molecular formula is C12H20N2O. The number of nitrogens with one attached hydrogen (secondary N) is 1. The number of nitrogen functional groups attached to an aromatic ring is 1. The molecule has 3 nitrogen and oxygen atoms in total. The van der Waals surface area contributed by atoms with Gasteiger partial charge in [-0.3, -0.25) is 5.84 Å². The molecule has 0 aliphatic rings. The van der Waals surface area contributed by atoms with Gasteiger partial charge in [0.05, 0.1) is 12.3 Å². The van der Waals surface area contributed by atoms with Gasteiger partial charge in [0.25, 0.3) is 0 Å². The third-order valence-corrected chi connectivity index (χ3v) is 2.27. The van der Waals surface area contributed by atoms with Crippen LogP contribution in [0.1, 0.15) is 25.8 Å². The first-order valence-corrected chi connectivity index (χ1v) is 5.36. The fourth-order valence-corrected chi connectivity index (χ4v) is 1.29. The van der Waals surface area contributed by atoms with Crippen LogP contribution in [0.15, 0.2) is 24.3 Å². The van der Waals surface area contributed by atoms with Crippen molar-refractivity contribution in [1.29, 1.82) is 0 Å². The monoisotopic (exact) mass is 208 g/mol. The van der Waals surface area contributed by atoms with Crippen LogP contribution in [0.4, 0.5) is 5.69 Å². The topological polar surface area (TPSA) is 47.3 Å². The zero-order valence-electron chi connectivity index (χ0n) is 9.49. The highest BCUT2D eigenvalue weighted by Crippen LogP contribution is 2.14. The Kier molecular flexibility index (Phi) is 5.15. The lowest BCUT2D eigenvalue weighted by atomic mass is 10.1. The minimum atomic E-state index is 0.618. The lowest BCUT2D eigenvalue weighted by Crippen LogP contribution is -2.10. The number of anilines is 1. The third-order valence-electron chi connectivity index (χ3n) is 2.27. The Labute approximate surface area is 91.6 Å². The Bertz CT molecular complexity index is 287. The van der Waals surface area contributed by atoms with Crippen LogP contribution < -0.4 is 11.3 Å². The first kappa shape index (κ1) is 12.0. The summed E-state index contributed by atoms with van der Waals surface area (Å²) in [6.45, 7) is 5.81. The lowest BCUT2D eigenvalue weighted by Gasteiger charge is -2.10. The van der Waals surface area contributed by atoms with Crippen LogP contribution in [0.25, 0.3) is 0 Å². The summed E-state index contributed by atoms with van der Waals surface area (Å²) in [4.78, 5) is 0. The zero-order chi connectivity index (χ0) is 11.1. The summed E-state index contributed by atoms with van der Waals surface area (Å²) in [6.07, 6.45) is 1.10. The molecule has 15 heavy (non-hydrogen) atoms. The molecule has 1 aromatic carbocycles. The van der Waals surface area contributed by atoms with Gasteiger partial charge in [-0.2, -0.15) is 0 Å². The smallest absolute Gasteiger partial charge is 0.0737 e. The molecule has 3 N–H and O–H groups in total. The minimum Gasteiger partial charge on any atom is -0.377 e. The Morgan fingerprint density at radius 3 is 2.73 bits per heavy atom. The van der Waals surface area contributed by atoms with E-state index in [1.54, 1.807) is 0 Å². The van der Waals surface area contributed by atoms with E-state index in [2.05, 4.69) is 19.3 Å². The Balaban J connectivity index is 2.36. The van der Waals surface area contributed by atoms with Crippen LogP contribution in [0.2, 0.25) is 0 Å². The number of hydrazine groups is 1. The summed E-state index contributed by atoms with van der Waals surface area (Å²) in [7, 11) is 0. The summed E-state index contributed by atoms with van der Waals surface area (Å²) in [5.41, 5.74) is 4.70.